The molecule has 1 saturated heterocycles. The molecule has 29 heavy (non-hydrogen) atoms. The van der Waals surface area contributed by atoms with Gasteiger partial charge in [-0.2, -0.15) is 5.10 Å². The second kappa shape index (κ2) is 7.43. The zero-order valence-electron chi connectivity index (χ0n) is 17.2. The van der Waals surface area contributed by atoms with Crippen LogP contribution in [0.15, 0.2) is 18.5 Å². The van der Waals surface area contributed by atoms with Crippen molar-refractivity contribution in [3.05, 3.63) is 24.2 Å². The van der Waals surface area contributed by atoms with E-state index in [9.17, 15) is 15.0 Å². The van der Waals surface area contributed by atoms with Gasteiger partial charge in [0.05, 0.1) is 5.69 Å². The third-order valence-corrected chi connectivity index (χ3v) is 5.76. The van der Waals surface area contributed by atoms with Gasteiger partial charge in [0.2, 0.25) is 0 Å². The second-order valence-electron chi connectivity index (χ2n) is 8.28. The molecule has 0 saturated carbocycles. The molecule has 0 aliphatic carbocycles. The van der Waals surface area contributed by atoms with Crippen LogP contribution in [0.3, 0.4) is 0 Å². The number of carbonyl (C=O) groups excluding carboxylic acids is 1. The van der Waals surface area contributed by atoms with Gasteiger partial charge in [0.25, 0.3) is 0 Å². The van der Waals surface area contributed by atoms with Crippen molar-refractivity contribution in [2.24, 2.45) is 5.92 Å². The van der Waals surface area contributed by atoms with Crippen molar-refractivity contribution in [3.63, 3.8) is 0 Å². The number of nitrogens with zero attached hydrogens (tertiary/aromatic N) is 3. The maximum Gasteiger partial charge on any atom is 0.508 e. The molecule has 1 aliphatic heterocycles. The Morgan fingerprint density at radius 2 is 2.10 bits per heavy atom. The first-order chi connectivity index (χ1) is 13.5. The Hall–Kier alpha value is -2.43. The van der Waals surface area contributed by atoms with E-state index in [2.05, 4.69) is 10.1 Å². The molecule has 10 nitrogen and oxygen atoms in total. The maximum absolute atomic E-state index is 12.0. The summed E-state index contributed by atoms with van der Waals surface area (Å²) in [6, 6.07) is 3.40. The minimum absolute atomic E-state index is 0.0885. The normalized spacial score (nSPS) is 27.5. The zero-order valence-corrected chi connectivity index (χ0v) is 17.2. The van der Waals surface area contributed by atoms with E-state index in [1.807, 2.05) is 13.8 Å². The molecule has 0 aromatic carbocycles. The lowest BCUT2D eigenvalue weighted by Gasteiger charge is -2.29. The number of aliphatic hydroxyl groups excluding tert-OH is 2. The molecule has 0 unspecified atom stereocenters. The van der Waals surface area contributed by atoms with Crippen LogP contribution in [0, 0.1) is 5.92 Å². The Morgan fingerprint density at radius 1 is 1.41 bits per heavy atom. The Labute approximate surface area is 168 Å². The summed E-state index contributed by atoms with van der Waals surface area (Å²) in [5, 5.41) is 25.3. The summed E-state index contributed by atoms with van der Waals surface area (Å²) in [5.74, 6) is 0.365. The van der Waals surface area contributed by atoms with Gasteiger partial charge in [0.15, 0.2) is 5.82 Å². The van der Waals surface area contributed by atoms with Crippen molar-refractivity contribution in [1.82, 2.24) is 14.6 Å². The molecule has 2 aromatic rings. The number of fused-ring (bicyclic) bond motifs is 1. The summed E-state index contributed by atoms with van der Waals surface area (Å²) in [6.45, 7) is 8.77. The van der Waals surface area contributed by atoms with Crippen LogP contribution in [0.2, 0.25) is 0 Å². The van der Waals surface area contributed by atoms with Gasteiger partial charge in [-0.25, -0.2) is 14.3 Å². The third kappa shape index (κ3) is 3.75. The van der Waals surface area contributed by atoms with Gasteiger partial charge in [-0.15, -0.1) is 0 Å². The monoisotopic (exact) mass is 408 g/mol. The zero-order chi connectivity index (χ0) is 21.6. The van der Waals surface area contributed by atoms with Crippen LogP contribution in [0.1, 0.15) is 40.3 Å². The predicted molar refractivity (Wildman–Crippen MR) is 103 cm³/mol. The first-order valence-corrected chi connectivity index (χ1v) is 9.45. The molecule has 3 heterocycles. The lowest BCUT2D eigenvalue weighted by Crippen LogP contribution is -2.40. The summed E-state index contributed by atoms with van der Waals surface area (Å²) in [7, 11) is 0. The van der Waals surface area contributed by atoms with Gasteiger partial charge in [0, 0.05) is 0 Å². The van der Waals surface area contributed by atoms with E-state index in [0.717, 1.165) is 0 Å². The number of anilines is 1. The van der Waals surface area contributed by atoms with Crippen molar-refractivity contribution in [2.75, 3.05) is 12.3 Å². The number of nitrogens with two attached hydrogens (primary N) is 1. The first kappa shape index (κ1) is 21.3. The van der Waals surface area contributed by atoms with Crippen LogP contribution in [-0.4, -0.2) is 61.5 Å². The van der Waals surface area contributed by atoms with Gasteiger partial charge in [-0.05, 0) is 38.8 Å². The van der Waals surface area contributed by atoms with E-state index >= 15 is 0 Å². The number of hydrogen-bond donors (Lipinski definition) is 3. The number of carbonyl (C=O) groups is 1. The summed E-state index contributed by atoms with van der Waals surface area (Å²) in [4.78, 5) is 16.0. The van der Waals surface area contributed by atoms with Crippen LogP contribution in [-0.2, 0) is 19.8 Å². The fourth-order valence-electron chi connectivity index (χ4n) is 3.17. The molecule has 0 spiro atoms. The highest BCUT2D eigenvalue weighted by Gasteiger charge is 2.54. The van der Waals surface area contributed by atoms with Crippen molar-refractivity contribution in [1.29, 1.82) is 0 Å². The number of ether oxygens (including phenoxy) is 3. The highest BCUT2D eigenvalue weighted by Crippen LogP contribution is 2.40. The smallest absolute Gasteiger partial charge is 0.431 e. The number of hydrogen-bond acceptors (Lipinski definition) is 9. The lowest BCUT2D eigenvalue weighted by molar-refractivity contribution is -0.101. The quantitative estimate of drug-likeness (QED) is 0.623. The highest BCUT2D eigenvalue weighted by atomic mass is 16.7. The van der Waals surface area contributed by atoms with E-state index in [-0.39, 0.29) is 18.3 Å². The van der Waals surface area contributed by atoms with Gasteiger partial charge >= 0.3 is 6.16 Å². The molecule has 0 bridgehead atoms. The van der Waals surface area contributed by atoms with Crippen molar-refractivity contribution >= 4 is 17.5 Å². The summed E-state index contributed by atoms with van der Waals surface area (Å²) < 4.78 is 17.9. The van der Waals surface area contributed by atoms with E-state index in [1.54, 1.807) is 32.9 Å². The Morgan fingerprint density at radius 3 is 2.76 bits per heavy atom. The Kier molecular flexibility index (Phi) is 5.46. The summed E-state index contributed by atoms with van der Waals surface area (Å²) >= 11 is 0. The van der Waals surface area contributed by atoms with Crippen molar-refractivity contribution in [2.45, 2.75) is 64.1 Å². The van der Waals surface area contributed by atoms with Gasteiger partial charge in [-0.1, -0.05) is 13.8 Å². The SMILES string of the molecule is CC(C)C(C)(C)OC(=O)OC[C@H]1O[C@@](C)(c2ccc3c(N)ncnn23)[C@H](O)[C@@H]1O. The van der Waals surface area contributed by atoms with Crippen LogP contribution < -0.4 is 5.73 Å². The number of nitrogen functional groups attached to an aromatic ring is 1. The number of aromatic nitrogens is 3. The van der Waals surface area contributed by atoms with Crippen molar-refractivity contribution in [3.8, 4) is 0 Å². The van der Waals surface area contributed by atoms with E-state index in [0.29, 0.717) is 11.2 Å². The predicted octanol–water partition coefficient (Wildman–Crippen LogP) is 1.24. The molecule has 3 rings (SSSR count). The second-order valence-corrected chi connectivity index (χ2v) is 8.28. The molecule has 4 N–H and O–H groups in total. The lowest BCUT2D eigenvalue weighted by atomic mass is 9.93. The van der Waals surface area contributed by atoms with Crippen LogP contribution in [0.4, 0.5) is 10.6 Å². The van der Waals surface area contributed by atoms with Gasteiger partial charge in [-0.3, -0.25) is 0 Å². The molecule has 4 atom stereocenters. The van der Waals surface area contributed by atoms with E-state index < -0.39 is 35.7 Å². The first-order valence-electron chi connectivity index (χ1n) is 9.45. The maximum atomic E-state index is 12.0. The van der Waals surface area contributed by atoms with Gasteiger partial charge in [0.1, 0.15) is 48.0 Å². The minimum atomic E-state index is -1.30. The molecular weight excluding hydrogens is 380 g/mol. The molecular formula is C19H28N4O6. The Bertz CT molecular complexity index is 898. The fourth-order valence-corrected chi connectivity index (χ4v) is 3.17. The number of aliphatic hydroxyl groups is 2. The topological polar surface area (TPSA) is 141 Å². The summed E-state index contributed by atoms with van der Waals surface area (Å²) in [5.41, 5.74) is 4.88. The average molecular weight is 408 g/mol. The Balaban J connectivity index is 1.74. The van der Waals surface area contributed by atoms with Crippen molar-refractivity contribution < 1.29 is 29.2 Å². The van der Waals surface area contributed by atoms with Crippen LogP contribution >= 0.6 is 0 Å². The molecule has 1 aliphatic rings. The van der Waals surface area contributed by atoms with E-state index in [4.69, 9.17) is 19.9 Å². The molecule has 2 aromatic heterocycles. The van der Waals surface area contributed by atoms with Gasteiger partial charge < -0.3 is 30.2 Å². The standard InChI is InChI=1S/C19H28N4O6/c1-10(2)18(3,4)29-17(26)27-8-12-14(24)15(25)19(5,28-12)13-7-6-11-16(20)21-9-22-23(11)13/h6-7,9-10,12,14-15,24-25H,8H2,1-5H3,(H2,20,21,22)/t12-,14-,15-,19+/m1/s1. The number of rotatable bonds is 5. The fraction of sp³-hybridized carbons (Fsp3) is 0.632. The third-order valence-electron chi connectivity index (χ3n) is 5.76. The molecule has 0 amide bonds. The molecule has 0 radical (unpaired) electrons. The highest BCUT2D eigenvalue weighted by molar-refractivity contribution is 5.65. The average Bonchev–Trinajstić information content (AvgIpc) is 3.17. The van der Waals surface area contributed by atoms with E-state index in [1.165, 1.54) is 10.8 Å². The largest absolute Gasteiger partial charge is 0.508 e. The molecule has 1 fully saturated rings. The molecule has 160 valence electrons. The summed E-state index contributed by atoms with van der Waals surface area (Å²) in [6.07, 6.45) is -3.09. The molecule has 10 heteroatoms. The minimum Gasteiger partial charge on any atom is -0.431 e. The van der Waals surface area contributed by atoms with Crippen LogP contribution in [0.5, 0.6) is 0 Å². The van der Waals surface area contributed by atoms with Crippen LogP contribution in [0.25, 0.3) is 5.52 Å².